The SMILES string of the molecule is CC(C)(C)c1ccc(C2CC(C3CCN(C(=O)Nc4cccc(Cl)c4)CC3)NN2)cc1. The molecule has 2 aromatic rings. The second-order valence-electron chi connectivity index (χ2n) is 9.82. The third kappa shape index (κ3) is 5.40. The summed E-state index contributed by atoms with van der Waals surface area (Å²) in [6, 6.07) is 17.0. The molecular weight excluding hydrogens is 408 g/mol. The number of anilines is 1. The molecule has 2 heterocycles. The van der Waals surface area contributed by atoms with Crippen LogP contribution in [0.1, 0.15) is 57.2 Å². The first-order valence-corrected chi connectivity index (χ1v) is 11.6. The molecule has 0 saturated carbocycles. The van der Waals surface area contributed by atoms with E-state index in [1.165, 1.54) is 11.1 Å². The molecule has 0 bridgehead atoms. The standard InChI is InChI=1S/C25H33ClN4O/c1-25(2,3)19-9-7-17(8-10-19)22-16-23(29-28-22)18-11-13-30(14-12-18)24(31)27-21-6-4-5-20(26)15-21/h4-10,15,18,22-23,28-29H,11-14,16H2,1-3H3,(H,27,31). The van der Waals surface area contributed by atoms with E-state index in [0.717, 1.165) is 38.0 Å². The minimum Gasteiger partial charge on any atom is -0.325 e. The fourth-order valence-electron chi connectivity index (χ4n) is 4.60. The van der Waals surface area contributed by atoms with Gasteiger partial charge in [0, 0.05) is 35.9 Å². The van der Waals surface area contributed by atoms with Gasteiger partial charge in [0.2, 0.25) is 0 Å². The fraction of sp³-hybridized carbons (Fsp3) is 0.480. The number of nitrogens with one attached hydrogen (secondary N) is 3. The molecule has 6 heteroatoms. The van der Waals surface area contributed by atoms with Gasteiger partial charge in [0.25, 0.3) is 0 Å². The van der Waals surface area contributed by atoms with Gasteiger partial charge in [-0.3, -0.25) is 10.9 Å². The van der Waals surface area contributed by atoms with Crippen molar-refractivity contribution in [1.29, 1.82) is 0 Å². The molecule has 2 fully saturated rings. The molecule has 2 atom stereocenters. The van der Waals surface area contributed by atoms with Gasteiger partial charge in [-0.1, -0.05) is 62.7 Å². The van der Waals surface area contributed by atoms with Crippen LogP contribution in [0, 0.1) is 5.92 Å². The number of urea groups is 1. The first-order valence-electron chi connectivity index (χ1n) is 11.2. The van der Waals surface area contributed by atoms with E-state index in [2.05, 4.69) is 61.2 Å². The van der Waals surface area contributed by atoms with E-state index in [4.69, 9.17) is 11.6 Å². The largest absolute Gasteiger partial charge is 0.325 e. The number of carbonyl (C=O) groups excluding carboxylic acids is 1. The number of hydrogen-bond donors (Lipinski definition) is 3. The topological polar surface area (TPSA) is 56.4 Å². The van der Waals surface area contributed by atoms with E-state index in [9.17, 15) is 4.79 Å². The first kappa shape index (κ1) is 22.1. The van der Waals surface area contributed by atoms with E-state index >= 15 is 0 Å². The third-order valence-corrected chi connectivity index (χ3v) is 6.82. The monoisotopic (exact) mass is 440 g/mol. The minimum absolute atomic E-state index is 0.0463. The zero-order chi connectivity index (χ0) is 22.0. The molecule has 0 spiro atoms. The smallest absolute Gasteiger partial charge is 0.321 e. The number of benzene rings is 2. The number of likely N-dealkylation sites (tertiary alicyclic amines) is 1. The quantitative estimate of drug-likeness (QED) is 0.591. The summed E-state index contributed by atoms with van der Waals surface area (Å²) in [5.41, 5.74) is 10.6. The molecule has 2 aromatic carbocycles. The predicted molar refractivity (Wildman–Crippen MR) is 127 cm³/mol. The normalized spacial score (nSPS) is 22.5. The summed E-state index contributed by atoms with van der Waals surface area (Å²) >= 11 is 6.01. The summed E-state index contributed by atoms with van der Waals surface area (Å²) in [6.07, 6.45) is 3.10. The van der Waals surface area contributed by atoms with Crippen molar-refractivity contribution in [1.82, 2.24) is 15.8 Å². The lowest BCUT2D eigenvalue weighted by atomic mass is 9.84. The number of hydrogen-bond acceptors (Lipinski definition) is 3. The molecule has 3 N–H and O–H groups in total. The van der Waals surface area contributed by atoms with Crippen LogP contribution in [0.15, 0.2) is 48.5 Å². The Kier molecular flexibility index (Phi) is 6.56. The summed E-state index contributed by atoms with van der Waals surface area (Å²) in [5.74, 6) is 0.571. The lowest BCUT2D eigenvalue weighted by molar-refractivity contribution is 0.169. The van der Waals surface area contributed by atoms with E-state index < -0.39 is 0 Å². The Labute approximate surface area is 190 Å². The Bertz CT molecular complexity index is 900. The lowest BCUT2D eigenvalue weighted by Crippen LogP contribution is -2.45. The van der Waals surface area contributed by atoms with Crippen molar-refractivity contribution < 1.29 is 4.79 Å². The van der Waals surface area contributed by atoms with Crippen LogP contribution in [0.4, 0.5) is 10.5 Å². The maximum atomic E-state index is 12.6. The molecule has 2 amide bonds. The van der Waals surface area contributed by atoms with Crippen molar-refractivity contribution in [3.05, 3.63) is 64.7 Å². The molecule has 5 nitrogen and oxygen atoms in total. The molecule has 2 saturated heterocycles. The zero-order valence-corrected chi connectivity index (χ0v) is 19.4. The number of piperidine rings is 1. The van der Waals surface area contributed by atoms with Crippen molar-refractivity contribution in [2.75, 3.05) is 18.4 Å². The molecule has 2 aliphatic rings. The molecule has 0 aromatic heterocycles. The average molecular weight is 441 g/mol. The Balaban J connectivity index is 1.27. The highest BCUT2D eigenvalue weighted by molar-refractivity contribution is 6.30. The van der Waals surface area contributed by atoms with Crippen LogP contribution in [0.25, 0.3) is 0 Å². The molecule has 166 valence electrons. The van der Waals surface area contributed by atoms with E-state index in [-0.39, 0.29) is 11.4 Å². The number of rotatable bonds is 3. The van der Waals surface area contributed by atoms with Crippen LogP contribution in [0.5, 0.6) is 0 Å². The third-order valence-electron chi connectivity index (χ3n) is 6.58. The minimum atomic E-state index is -0.0463. The summed E-state index contributed by atoms with van der Waals surface area (Å²) in [6.45, 7) is 8.29. The van der Waals surface area contributed by atoms with Gasteiger partial charge in [0.15, 0.2) is 0 Å². The van der Waals surface area contributed by atoms with Crippen LogP contribution in [0.2, 0.25) is 5.02 Å². The summed E-state index contributed by atoms with van der Waals surface area (Å²) in [5, 5.41) is 3.58. The van der Waals surface area contributed by atoms with Gasteiger partial charge < -0.3 is 10.2 Å². The molecule has 2 unspecified atom stereocenters. The van der Waals surface area contributed by atoms with E-state index in [0.29, 0.717) is 23.0 Å². The fourth-order valence-corrected chi connectivity index (χ4v) is 4.79. The molecule has 31 heavy (non-hydrogen) atoms. The van der Waals surface area contributed by atoms with Crippen LogP contribution in [-0.2, 0) is 5.41 Å². The van der Waals surface area contributed by atoms with Crippen molar-refractivity contribution in [3.8, 4) is 0 Å². The second kappa shape index (κ2) is 9.19. The van der Waals surface area contributed by atoms with Crippen molar-refractivity contribution in [3.63, 3.8) is 0 Å². The summed E-state index contributed by atoms with van der Waals surface area (Å²) < 4.78 is 0. The van der Waals surface area contributed by atoms with Gasteiger partial charge in [0.1, 0.15) is 0 Å². The number of hydrazine groups is 1. The molecule has 0 aliphatic carbocycles. The van der Waals surface area contributed by atoms with Crippen molar-refractivity contribution in [2.24, 2.45) is 5.92 Å². The molecule has 4 rings (SSSR count). The number of nitrogens with zero attached hydrogens (tertiary/aromatic N) is 1. The number of halogens is 1. The van der Waals surface area contributed by atoms with Crippen LogP contribution < -0.4 is 16.2 Å². The Hall–Kier alpha value is -2.08. The van der Waals surface area contributed by atoms with Gasteiger partial charge in [-0.15, -0.1) is 0 Å². The van der Waals surface area contributed by atoms with Crippen LogP contribution in [0.3, 0.4) is 0 Å². The Morgan fingerprint density at radius 1 is 1.06 bits per heavy atom. The van der Waals surface area contributed by atoms with Crippen LogP contribution in [-0.4, -0.2) is 30.1 Å². The molecule has 0 radical (unpaired) electrons. The Morgan fingerprint density at radius 2 is 1.77 bits per heavy atom. The van der Waals surface area contributed by atoms with Gasteiger partial charge in [-0.05, 0) is 59.9 Å². The summed E-state index contributed by atoms with van der Waals surface area (Å²) in [7, 11) is 0. The zero-order valence-electron chi connectivity index (χ0n) is 18.6. The lowest BCUT2D eigenvalue weighted by Gasteiger charge is -2.34. The second-order valence-corrected chi connectivity index (χ2v) is 10.3. The van der Waals surface area contributed by atoms with Crippen molar-refractivity contribution >= 4 is 23.3 Å². The number of amides is 2. The van der Waals surface area contributed by atoms with Crippen molar-refractivity contribution in [2.45, 2.75) is 57.5 Å². The highest BCUT2D eigenvalue weighted by atomic mass is 35.5. The van der Waals surface area contributed by atoms with Gasteiger partial charge in [-0.25, -0.2) is 4.79 Å². The highest BCUT2D eigenvalue weighted by Crippen LogP contribution is 2.32. The predicted octanol–water partition coefficient (Wildman–Crippen LogP) is 5.49. The maximum Gasteiger partial charge on any atom is 0.321 e. The summed E-state index contributed by atoms with van der Waals surface area (Å²) in [4.78, 5) is 14.5. The highest BCUT2D eigenvalue weighted by Gasteiger charge is 2.34. The molecular formula is C25H33ClN4O. The van der Waals surface area contributed by atoms with Gasteiger partial charge >= 0.3 is 6.03 Å². The maximum absolute atomic E-state index is 12.6. The number of carbonyl (C=O) groups is 1. The first-order chi connectivity index (χ1) is 14.8. The van der Waals surface area contributed by atoms with Crippen LogP contribution >= 0.6 is 11.6 Å². The molecule has 2 aliphatic heterocycles. The van der Waals surface area contributed by atoms with Gasteiger partial charge in [-0.2, -0.15) is 0 Å². The Morgan fingerprint density at radius 3 is 2.42 bits per heavy atom. The van der Waals surface area contributed by atoms with E-state index in [1.54, 1.807) is 12.1 Å². The van der Waals surface area contributed by atoms with E-state index in [1.807, 2.05) is 17.0 Å². The van der Waals surface area contributed by atoms with Gasteiger partial charge in [0.05, 0.1) is 0 Å². The average Bonchev–Trinajstić information content (AvgIpc) is 3.24.